The zero-order chi connectivity index (χ0) is 21.0. The second-order valence-corrected chi connectivity index (χ2v) is 8.92. The Morgan fingerprint density at radius 3 is 2.47 bits per heavy atom. The van der Waals surface area contributed by atoms with Crippen molar-refractivity contribution in [3.05, 3.63) is 64.7 Å². The Bertz CT molecular complexity index is 1010. The van der Waals surface area contributed by atoms with Crippen molar-refractivity contribution in [2.75, 3.05) is 13.7 Å². The van der Waals surface area contributed by atoms with Crippen molar-refractivity contribution >= 4 is 11.8 Å². The molecule has 5 atom stereocenters. The molecule has 2 aromatic rings. The van der Waals surface area contributed by atoms with Gasteiger partial charge in [-0.15, -0.1) is 0 Å². The number of carbonyl (C=O) groups is 2. The molecule has 156 valence electrons. The molecule has 0 bridgehead atoms. The highest BCUT2D eigenvalue weighted by Crippen LogP contribution is 2.52. The van der Waals surface area contributed by atoms with E-state index in [4.69, 9.17) is 4.74 Å². The lowest BCUT2D eigenvalue weighted by atomic mass is 9.77. The average Bonchev–Trinajstić information content (AvgIpc) is 3.08. The minimum Gasteiger partial charge on any atom is -0.491 e. The maximum absolute atomic E-state index is 13.1. The lowest BCUT2D eigenvalue weighted by Crippen LogP contribution is -2.31. The van der Waals surface area contributed by atoms with Crippen LogP contribution in [-0.2, 0) is 5.41 Å². The minimum absolute atomic E-state index is 0.120. The van der Waals surface area contributed by atoms with Crippen LogP contribution >= 0.6 is 0 Å². The molecule has 2 amide bonds. The molecule has 3 aliphatic rings. The molecule has 6 heteroatoms. The number of fused-ring (bicyclic) bond motifs is 2. The summed E-state index contributed by atoms with van der Waals surface area (Å²) in [7, 11) is 1.57. The van der Waals surface area contributed by atoms with Crippen LogP contribution in [0.4, 0.5) is 0 Å². The molecule has 3 N–H and O–H groups in total. The molecule has 0 aromatic heterocycles. The Labute approximate surface area is 175 Å². The normalized spacial score (nSPS) is 30.8. The lowest BCUT2D eigenvalue weighted by Gasteiger charge is -2.24. The van der Waals surface area contributed by atoms with Crippen molar-refractivity contribution < 1.29 is 19.4 Å². The summed E-state index contributed by atoms with van der Waals surface area (Å²) >= 11 is 0. The van der Waals surface area contributed by atoms with Gasteiger partial charge in [-0.2, -0.15) is 0 Å². The van der Waals surface area contributed by atoms with Gasteiger partial charge in [-0.25, -0.2) is 0 Å². The molecular formula is C24H26N2O4. The summed E-state index contributed by atoms with van der Waals surface area (Å²) in [6, 6.07) is 13.6. The lowest BCUT2D eigenvalue weighted by molar-refractivity contribution is 0.0937. The number of benzene rings is 2. The van der Waals surface area contributed by atoms with Gasteiger partial charge in [0.2, 0.25) is 0 Å². The van der Waals surface area contributed by atoms with Crippen molar-refractivity contribution in [3.8, 4) is 5.75 Å². The molecule has 0 saturated heterocycles. The Kier molecular flexibility index (Phi) is 4.36. The Morgan fingerprint density at radius 2 is 1.80 bits per heavy atom. The van der Waals surface area contributed by atoms with Gasteiger partial charge in [0.15, 0.2) is 0 Å². The van der Waals surface area contributed by atoms with E-state index in [2.05, 4.69) is 17.6 Å². The monoisotopic (exact) mass is 406 g/mol. The molecule has 5 rings (SSSR count). The van der Waals surface area contributed by atoms with Crippen molar-refractivity contribution in [2.24, 2.45) is 11.8 Å². The second kappa shape index (κ2) is 6.84. The number of hydrogen-bond donors (Lipinski definition) is 3. The van der Waals surface area contributed by atoms with Crippen LogP contribution < -0.4 is 15.4 Å². The van der Waals surface area contributed by atoms with E-state index < -0.39 is 5.41 Å². The van der Waals surface area contributed by atoms with Gasteiger partial charge in [0.1, 0.15) is 12.4 Å². The molecule has 2 aliphatic carbocycles. The van der Waals surface area contributed by atoms with Crippen LogP contribution in [0.1, 0.15) is 51.6 Å². The molecule has 0 radical (unpaired) electrons. The van der Waals surface area contributed by atoms with E-state index in [1.807, 2.05) is 36.4 Å². The molecule has 30 heavy (non-hydrogen) atoms. The zero-order valence-electron chi connectivity index (χ0n) is 17.1. The van der Waals surface area contributed by atoms with E-state index in [0.29, 0.717) is 35.3 Å². The summed E-state index contributed by atoms with van der Waals surface area (Å²) in [6.45, 7) is 2.49. The largest absolute Gasteiger partial charge is 0.491 e. The van der Waals surface area contributed by atoms with Gasteiger partial charge in [0.25, 0.3) is 11.8 Å². The molecule has 0 spiro atoms. The van der Waals surface area contributed by atoms with Gasteiger partial charge in [-0.1, -0.05) is 30.3 Å². The van der Waals surface area contributed by atoms with Crippen LogP contribution in [0.3, 0.4) is 0 Å². The van der Waals surface area contributed by atoms with E-state index in [9.17, 15) is 14.7 Å². The maximum atomic E-state index is 13.1. The highest BCUT2D eigenvalue weighted by atomic mass is 16.5. The first-order chi connectivity index (χ1) is 14.4. The molecule has 0 unspecified atom stereocenters. The van der Waals surface area contributed by atoms with Gasteiger partial charge < -0.3 is 20.5 Å². The molecule has 1 heterocycles. The highest BCUT2D eigenvalue weighted by Gasteiger charge is 2.56. The third-order valence-corrected chi connectivity index (χ3v) is 7.05. The summed E-state index contributed by atoms with van der Waals surface area (Å²) in [6.07, 6.45) is 1.27. The number of nitrogens with one attached hydrogen (secondary N) is 2. The van der Waals surface area contributed by atoms with E-state index >= 15 is 0 Å². The molecule has 1 aliphatic heterocycles. The van der Waals surface area contributed by atoms with Crippen LogP contribution in [0, 0.1) is 11.8 Å². The number of aliphatic hydroxyl groups is 1. The van der Waals surface area contributed by atoms with Crippen LogP contribution in [0.25, 0.3) is 0 Å². The number of hydrogen-bond acceptors (Lipinski definition) is 4. The predicted molar refractivity (Wildman–Crippen MR) is 112 cm³/mol. The molecule has 2 saturated carbocycles. The Hall–Kier alpha value is -2.86. The zero-order valence-corrected chi connectivity index (χ0v) is 17.1. The predicted octanol–water partition coefficient (Wildman–Crippen LogP) is 2.24. The second-order valence-electron chi connectivity index (χ2n) is 8.92. The number of aliphatic hydroxyl groups excluding tert-OH is 1. The summed E-state index contributed by atoms with van der Waals surface area (Å²) in [5.74, 6) is 0.830. The van der Waals surface area contributed by atoms with E-state index in [1.165, 1.54) is 0 Å². The SMILES string of the molecule is CNC(=O)c1cc(C(=O)N[C@H]2[C@@H]3C[C@H](O)C[C@@H]32)cc2c1OC[C@@]2(C)c1ccccc1. The summed E-state index contributed by atoms with van der Waals surface area (Å²) in [5.41, 5.74) is 2.33. The van der Waals surface area contributed by atoms with Crippen molar-refractivity contribution in [1.29, 1.82) is 0 Å². The topological polar surface area (TPSA) is 87.7 Å². The minimum atomic E-state index is -0.449. The highest BCUT2D eigenvalue weighted by molar-refractivity contribution is 6.02. The van der Waals surface area contributed by atoms with Crippen LogP contribution in [0.5, 0.6) is 5.75 Å². The number of rotatable bonds is 4. The number of carbonyl (C=O) groups excluding carboxylic acids is 2. The molecule has 2 aromatic carbocycles. The fourth-order valence-electron chi connectivity index (χ4n) is 5.23. The van der Waals surface area contributed by atoms with Crippen molar-refractivity contribution in [1.82, 2.24) is 10.6 Å². The van der Waals surface area contributed by atoms with Gasteiger partial charge in [0.05, 0.1) is 17.1 Å². The Balaban J connectivity index is 1.51. The number of ether oxygens (including phenoxy) is 1. The third-order valence-electron chi connectivity index (χ3n) is 7.05. The van der Waals surface area contributed by atoms with Gasteiger partial charge >= 0.3 is 0 Å². The Morgan fingerprint density at radius 1 is 1.10 bits per heavy atom. The summed E-state index contributed by atoms with van der Waals surface area (Å²) in [5, 5.41) is 15.5. The molecular weight excluding hydrogens is 380 g/mol. The van der Waals surface area contributed by atoms with E-state index in [0.717, 1.165) is 24.0 Å². The van der Waals surface area contributed by atoms with Crippen LogP contribution in [0.15, 0.2) is 42.5 Å². The van der Waals surface area contributed by atoms with Gasteiger partial charge in [-0.05, 0) is 49.3 Å². The van der Waals surface area contributed by atoms with Crippen LogP contribution in [0.2, 0.25) is 0 Å². The fraction of sp³-hybridized carbons (Fsp3) is 0.417. The molecule has 2 fully saturated rings. The van der Waals surface area contributed by atoms with Crippen LogP contribution in [-0.4, -0.2) is 42.7 Å². The first-order valence-corrected chi connectivity index (χ1v) is 10.5. The summed E-state index contributed by atoms with van der Waals surface area (Å²) < 4.78 is 6.00. The first kappa shape index (κ1) is 19.1. The fourth-order valence-corrected chi connectivity index (χ4v) is 5.23. The third kappa shape index (κ3) is 2.89. The van der Waals surface area contributed by atoms with Crippen molar-refractivity contribution in [2.45, 2.75) is 37.3 Å². The van der Waals surface area contributed by atoms with Gasteiger partial charge in [-0.3, -0.25) is 9.59 Å². The number of amides is 2. The average molecular weight is 406 g/mol. The quantitative estimate of drug-likeness (QED) is 0.727. The van der Waals surface area contributed by atoms with E-state index in [-0.39, 0.29) is 24.0 Å². The van der Waals surface area contributed by atoms with E-state index in [1.54, 1.807) is 13.1 Å². The standard InChI is InChI=1S/C24H26N2O4/c1-24(14-6-4-3-5-7-14)12-30-21-18(23(29)25-2)8-13(9-19(21)24)22(28)26-20-16-10-15(27)11-17(16)20/h3-9,15-17,20,27H,10-12H2,1-2H3,(H,25,29)(H,26,28)/t15-,16+,17-,20-,24-/m0/s1. The smallest absolute Gasteiger partial charge is 0.254 e. The first-order valence-electron chi connectivity index (χ1n) is 10.5. The maximum Gasteiger partial charge on any atom is 0.254 e. The van der Waals surface area contributed by atoms with Crippen molar-refractivity contribution in [3.63, 3.8) is 0 Å². The summed E-state index contributed by atoms with van der Waals surface area (Å²) in [4.78, 5) is 25.6. The molecule has 6 nitrogen and oxygen atoms in total. The van der Waals surface area contributed by atoms with Gasteiger partial charge in [0, 0.05) is 24.2 Å².